The Balaban J connectivity index is 2.17. The lowest BCUT2D eigenvalue weighted by atomic mass is 9.96. The topological polar surface area (TPSA) is 88.0 Å². The Morgan fingerprint density at radius 2 is 2.09 bits per heavy atom. The van der Waals surface area contributed by atoms with Gasteiger partial charge >= 0.3 is 0 Å². The van der Waals surface area contributed by atoms with E-state index in [2.05, 4.69) is 15.3 Å². The molecule has 22 heavy (non-hydrogen) atoms. The number of hydrogen-bond donors (Lipinski definition) is 2. The van der Waals surface area contributed by atoms with Crippen LogP contribution in [0, 0.1) is 5.41 Å². The highest BCUT2D eigenvalue weighted by molar-refractivity contribution is 6.31. The van der Waals surface area contributed by atoms with Crippen LogP contribution in [0.1, 0.15) is 20.8 Å². The van der Waals surface area contributed by atoms with Gasteiger partial charge in [0.1, 0.15) is 11.1 Å². The molecule has 2 N–H and O–H groups in total. The lowest BCUT2D eigenvalue weighted by molar-refractivity contribution is -0.123. The molecule has 0 saturated carbocycles. The summed E-state index contributed by atoms with van der Waals surface area (Å²) in [7, 11) is 0. The van der Waals surface area contributed by atoms with Gasteiger partial charge in [0.25, 0.3) is 5.56 Å². The van der Waals surface area contributed by atoms with E-state index in [0.29, 0.717) is 21.5 Å². The summed E-state index contributed by atoms with van der Waals surface area (Å²) in [5, 5.41) is 3.77. The number of halogens is 1. The standard InChI is InChI=1S/C15H14ClN3O3/c1-15(2,3)13(21)19-14-17-10-8-5-4-7(16)6-9(8)22-11(10)12(20)18-14/h4-6H,1-3H3,(H2,17,18,19,20,21). The van der Waals surface area contributed by atoms with Gasteiger partial charge < -0.3 is 4.42 Å². The highest BCUT2D eigenvalue weighted by Gasteiger charge is 2.23. The summed E-state index contributed by atoms with van der Waals surface area (Å²) in [4.78, 5) is 30.9. The number of H-pyrrole nitrogens is 1. The van der Waals surface area contributed by atoms with Crippen molar-refractivity contribution in [2.75, 3.05) is 5.32 Å². The van der Waals surface area contributed by atoms with Crippen molar-refractivity contribution in [1.82, 2.24) is 9.97 Å². The molecule has 7 heteroatoms. The van der Waals surface area contributed by atoms with E-state index in [4.69, 9.17) is 16.0 Å². The number of furan rings is 1. The summed E-state index contributed by atoms with van der Waals surface area (Å²) in [6, 6.07) is 5.03. The zero-order chi connectivity index (χ0) is 16.1. The summed E-state index contributed by atoms with van der Waals surface area (Å²) < 4.78 is 5.49. The van der Waals surface area contributed by atoms with Gasteiger partial charge in [0, 0.05) is 21.9 Å². The molecule has 2 aromatic heterocycles. The molecule has 0 spiro atoms. The Morgan fingerprint density at radius 3 is 2.77 bits per heavy atom. The molecule has 0 radical (unpaired) electrons. The number of carbonyl (C=O) groups is 1. The Morgan fingerprint density at radius 1 is 1.36 bits per heavy atom. The smallest absolute Gasteiger partial charge is 0.296 e. The van der Waals surface area contributed by atoms with Gasteiger partial charge in [-0.15, -0.1) is 0 Å². The Kier molecular flexibility index (Phi) is 3.21. The molecular formula is C15H14ClN3O3. The van der Waals surface area contributed by atoms with E-state index in [0.717, 1.165) is 0 Å². The maximum atomic E-state index is 12.1. The summed E-state index contributed by atoms with van der Waals surface area (Å²) in [6.45, 7) is 5.32. The van der Waals surface area contributed by atoms with Crippen LogP contribution in [0.25, 0.3) is 22.1 Å². The van der Waals surface area contributed by atoms with Crippen LogP contribution in [0.2, 0.25) is 5.02 Å². The number of anilines is 1. The molecule has 0 aliphatic rings. The number of fused-ring (bicyclic) bond motifs is 3. The van der Waals surface area contributed by atoms with Crippen LogP contribution < -0.4 is 10.9 Å². The fourth-order valence-electron chi connectivity index (χ4n) is 1.98. The number of hydrogen-bond acceptors (Lipinski definition) is 4. The largest absolute Gasteiger partial charge is 0.448 e. The van der Waals surface area contributed by atoms with E-state index in [1.807, 2.05) is 0 Å². The van der Waals surface area contributed by atoms with Crippen molar-refractivity contribution in [3.8, 4) is 0 Å². The molecule has 1 amide bonds. The second kappa shape index (κ2) is 4.84. The first-order valence-electron chi connectivity index (χ1n) is 6.69. The van der Waals surface area contributed by atoms with Gasteiger partial charge in [-0.05, 0) is 12.1 Å². The zero-order valence-corrected chi connectivity index (χ0v) is 13.0. The number of nitrogens with one attached hydrogen (secondary N) is 2. The molecular weight excluding hydrogens is 306 g/mol. The lowest BCUT2D eigenvalue weighted by Gasteiger charge is -2.16. The normalized spacial score (nSPS) is 12.0. The van der Waals surface area contributed by atoms with E-state index in [1.165, 1.54) is 0 Å². The predicted octanol–water partition coefficient (Wildman–Crippen LogP) is 3.31. The monoisotopic (exact) mass is 319 g/mol. The maximum absolute atomic E-state index is 12.1. The predicted molar refractivity (Wildman–Crippen MR) is 85.2 cm³/mol. The molecule has 114 valence electrons. The number of benzene rings is 1. The summed E-state index contributed by atoms with van der Waals surface area (Å²) in [5.41, 5.74) is -0.0912. The van der Waals surface area contributed by atoms with Crippen molar-refractivity contribution in [2.24, 2.45) is 5.41 Å². The fourth-order valence-corrected chi connectivity index (χ4v) is 2.14. The van der Waals surface area contributed by atoms with Crippen LogP contribution in [0.15, 0.2) is 27.4 Å². The number of rotatable bonds is 1. The molecule has 0 atom stereocenters. The first-order valence-corrected chi connectivity index (χ1v) is 7.07. The molecule has 3 aromatic rings. The average Bonchev–Trinajstić information content (AvgIpc) is 2.76. The molecule has 2 heterocycles. The number of aromatic amines is 1. The van der Waals surface area contributed by atoms with Crippen molar-refractivity contribution in [3.63, 3.8) is 0 Å². The summed E-state index contributed by atoms with van der Waals surface area (Å²) in [6.07, 6.45) is 0. The SMILES string of the molecule is CC(C)(C)C(=O)Nc1nc2c(oc3cc(Cl)ccc32)c(=O)[nH]1. The minimum atomic E-state index is -0.598. The quantitative estimate of drug-likeness (QED) is 0.720. The molecule has 6 nitrogen and oxygen atoms in total. The van der Waals surface area contributed by atoms with Crippen LogP contribution >= 0.6 is 11.6 Å². The molecule has 0 aliphatic carbocycles. The average molecular weight is 320 g/mol. The van der Waals surface area contributed by atoms with Crippen LogP contribution in [0.4, 0.5) is 5.95 Å². The summed E-state index contributed by atoms with van der Waals surface area (Å²) >= 11 is 5.91. The Hall–Kier alpha value is -2.34. The van der Waals surface area contributed by atoms with Crippen LogP contribution in [0.3, 0.4) is 0 Å². The van der Waals surface area contributed by atoms with E-state index in [-0.39, 0.29) is 17.4 Å². The van der Waals surface area contributed by atoms with Crippen LogP contribution in [-0.4, -0.2) is 15.9 Å². The molecule has 0 aliphatic heterocycles. The number of carbonyl (C=O) groups excluding carboxylic acids is 1. The zero-order valence-electron chi connectivity index (χ0n) is 12.3. The Labute approximate surface area is 130 Å². The van der Waals surface area contributed by atoms with Crippen molar-refractivity contribution >= 4 is 45.5 Å². The van der Waals surface area contributed by atoms with E-state index in [9.17, 15) is 9.59 Å². The highest BCUT2D eigenvalue weighted by atomic mass is 35.5. The molecule has 0 bridgehead atoms. The van der Waals surface area contributed by atoms with Gasteiger partial charge in [-0.3, -0.25) is 19.9 Å². The molecule has 0 fully saturated rings. The second-order valence-electron chi connectivity index (χ2n) is 6.04. The van der Waals surface area contributed by atoms with Crippen molar-refractivity contribution in [1.29, 1.82) is 0 Å². The maximum Gasteiger partial charge on any atom is 0.296 e. The minimum Gasteiger partial charge on any atom is -0.448 e. The fraction of sp³-hybridized carbons (Fsp3) is 0.267. The van der Waals surface area contributed by atoms with Gasteiger partial charge in [-0.1, -0.05) is 32.4 Å². The van der Waals surface area contributed by atoms with Gasteiger partial charge in [-0.2, -0.15) is 0 Å². The van der Waals surface area contributed by atoms with Gasteiger partial charge in [0.05, 0.1) is 0 Å². The molecule has 0 unspecified atom stereocenters. The van der Waals surface area contributed by atoms with Crippen LogP contribution in [0.5, 0.6) is 0 Å². The number of nitrogens with zero attached hydrogens (tertiary/aromatic N) is 1. The van der Waals surface area contributed by atoms with E-state index in [1.54, 1.807) is 39.0 Å². The third-order valence-electron chi connectivity index (χ3n) is 3.20. The lowest BCUT2D eigenvalue weighted by Crippen LogP contribution is -2.29. The van der Waals surface area contributed by atoms with Crippen molar-refractivity contribution < 1.29 is 9.21 Å². The number of amides is 1. The molecule has 0 saturated heterocycles. The second-order valence-corrected chi connectivity index (χ2v) is 6.48. The van der Waals surface area contributed by atoms with Gasteiger partial charge in [0.2, 0.25) is 17.4 Å². The first-order chi connectivity index (χ1) is 10.3. The van der Waals surface area contributed by atoms with Crippen molar-refractivity contribution in [2.45, 2.75) is 20.8 Å². The highest BCUT2D eigenvalue weighted by Crippen LogP contribution is 2.28. The molecule has 1 aromatic carbocycles. The van der Waals surface area contributed by atoms with Gasteiger partial charge in [0.15, 0.2) is 0 Å². The minimum absolute atomic E-state index is 0.0927. The molecule has 3 rings (SSSR count). The van der Waals surface area contributed by atoms with E-state index >= 15 is 0 Å². The van der Waals surface area contributed by atoms with Crippen molar-refractivity contribution in [3.05, 3.63) is 33.6 Å². The van der Waals surface area contributed by atoms with Gasteiger partial charge in [-0.25, -0.2) is 4.98 Å². The number of aromatic nitrogens is 2. The third kappa shape index (κ3) is 2.46. The van der Waals surface area contributed by atoms with E-state index < -0.39 is 11.0 Å². The van der Waals surface area contributed by atoms with Crippen LogP contribution in [-0.2, 0) is 4.79 Å². The Bertz CT molecular complexity index is 950. The first kappa shape index (κ1) is 14.6. The summed E-state index contributed by atoms with van der Waals surface area (Å²) in [5.74, 6) is -0.152. The third-order valence-corrected chi connectivity index (χ3v) is 3.44.